The quantitative estimate of drug-likeness (QED) is 0.231. The number of alkyl halides is 3. The molecule has 0 unspecified atom stereocenters. The number of halogens is 4. The van der Waals surface area contributed by atoms with E-state index in [-0.39, 0.29) is 48.7 Å². The summed E-state index contributed by atoms with van der Waals surface area (Å²) in [5.41, 5.74) is 0.546. The minimum Gasteiger partial charge on any atom is -0.357 e. The van der Waals surface area contributed by atoms with Crippen molar-refractivity contribution in [1.29, 1.82) is 0 Å². The Bertz CT molecular complexity index is 538. The average molecular weight is 446 g/mol. The molecular formula is C13H18F3IN4O2. The van der Waals surface area contributed by atoms with Crippen LogP contribution in [0.2, 0.25) is 0 Å². The highest BCUT2D eigenvalue weighted by Crippen LogP contribution is 2.18. The third-order valence-corrected chi connectivity index (χ3v) is 2.59. The first kappa shape index (κ1) is 21.4. The van der Waals surface area contributed by atoms with Gasteiger partial charge in [0.25, 0.3) is 5.69 Å². The lowest BCUT2D eigenvalue weighted by atomic mass is 10.2. The summed E-state index contributed by atoms with van der Waals surface area (Å²) in [6.45, 7) is 2.12. The van der Waals surface area contributed by atoms with E-state index in [1.54, 1.807) is 13.0 Å². The van der Waals surface area contributed by atoms with Gasteiger partial charge in [-0.2, -0.15) is 13.2 Å². The van der Waals surface area contributed by atoms with Gasteiger partial charge in [-0.25, -0.2) is 4.99 Å². The molecule has 0 atom stereocenters. The second-order valence-corrected chi connectivity index (χ2v) is 4.41. The maximum atomic E-state index is 12.1. The first-order valence-corrected chi connectivity index (χ1v) is 6.64. The summed E-state index contributed by atoms with van der Waals surface area (Å²) in [7, 11) is 0. The molecule has 0 spiro atoms. The van der Waals surface area contributed by atoms with Crippen LogP contribution in [0.25, 0.3) is 0 Å². The van der Waals surface area contributed by atoms with Crippen LogP contribution >= 0.6 is 24.0 Å². The molecule has 1 aromatic rings. The van der Waals surface area contributed by atoms with Crippen LogP contribution < -0.4 is 10.6 Å². The predicted molar refractivity (Wildman–Crippen MR) is 92.0 cm³/mol. The van der Waals surface area contributed by atoms with Crippen LogP contribution in [0, 0.1) is 10.1 Å². The van der Waals surface area contributed by atoms with Crippen LogP contribution in [0.5, 0.6) is 0 Å². The number of benzene rings is 1. The van der Waals surface area contributed by atoms with Gasteiger partial charge in [-0.05, 0) is 12.5 Å². The molecule has 0 saturated heterocycles. The number of rotatable bonds is 6. The molecule has 0 aliphatic carbocycles. The normalized spacial score (nSPS) is 11.6. The fourth-order valence-corrected chi connectivity index (χ4v) is 1.60. The van der Waals surface area contributed by atoms with Crippen molar-refractivity contribution in [2.45, 2.75) is 26.1 Å². The van der Waals surface area contributed by atoms with E-state index < -0.39 is 17.5 Å². The molecule has 10 heteroatoms. The lowest BCUT2D eigenvalue weighted by Crippen LogP contribution is -2.38. The lowest BCUT2D eigenvalue weighted by molar-refractivity contribution is -0.384. The molecule has 0 radical (unpaired) electrons. The molecule has 1 rings (SSSR count). The molecule has 0 aliphatic rings. The van der Waals surface area contributed by atoms with Gasteiger partial charge in [0.2, 0.25) is 0 Å². The minimum atomic E-state index is -4.23. The van der Waals surface area contributed by atoms with Crippen LogP contribution in [0.15, 0.2) is 29.3 Å². The fraction of sp³-hybridized carbons (Fsp3) is 0.462. The second kappa shape index (κ2) is 10.2. The number of guanidine groups is 1. The van der Waals surface area contributed by atoms with E-state index >= 15 is 0 Å². The Morgan fingerprint density at radius 1 is 1.35 bits per heavy atom. The second-order valence-electron chi connectivity index (χ2n) is 4.41. The largest absolute Gasteiger partial charge is 0.390 e. The highest BCUT2D eigenvalue weighted by atomic mass is 127. The van der Waals surface area contributed by atoms with E-state index in [0.717, 1.165) is 0 Å². The maximum Gasteiger partial charge on any atom is 0.390 e. The minimum absolute atomic E-state index is 0. The van der Waals surface area contributed by atoms with Crippen LogP contribution in [0.1, 0.15) is 18.9 Å². The average Bonchev–Trinajstić information content (AvgIpc) is 2.43. The molecular weight excluding hydrogens is 428 g/mol. The molecule has 0 heterocycles. The predicted octanol–water partition coefficient (Wildman–Crippen LogP) is 3.22. The third-order valence-electron chi connectivity index (χ3n) is 2.59. The summed E-state index contributed by atoms with van der Waals surface area (Å²) >= 11 is 0. The third kappa shape index (κ3) is 9.21. The van der Waals surface area contributed by atoms with Crippen LogP contribution in [0.4, 0.5) is 18.9 Å². The molecule has 6 nitrogen and oxygen atoms in total. The Morgan fingerprint density at radius 2 is 2.04 bits per heavy atom. The summed E-state index contributed by atoms with van der Waals surface area (Å²) in [6.07, 6.45) is -5.20. The zero-order chi connectivity index (χ0) is 16.6. The SMILES string of the molecule is CCNC(=NCc1cccc([N+](=O)[O-])c1)NCCC(F)(F)F.I. The topological polar surface area (TPSA) is 79.6 Å². The molecule has 130 valence electrons. The number of hydrogen-bond acceptors (Lipinski definition) is 3. The van der Waals surface area contributed by atoms with Gasteiger partial charge in [-0.1, -0.05) is 12.1 Å². The van der Waals surface area contributed by atoms with E-state index in [0.29, 0.717) is 12.1 Å². The number of hydrogen-bond donors (Lipinski definition) is 2. The Labute approximate surface area is 148 Å². The van der Waals surface area contributed by atoms with Gasteiger partial charge < -0.3 is 10.6 Å². The highest BCUT2D eigenvalue weighted by molar-refractivity contribution is 14.0. The van der Waals surface area contributed by atoms with Gasteiger partial charge in [0.05, 0.1) is 17.9 Å². The van der Waals surface area contributed by atoms with Crippen LogP contribution in [0.3, 0.4) is 0 Å². The fourth-order valence-electron chi connectivity index (χ4n) is 1.60. The van der Waals surface area contributed by atoms with Crippen molar-refractivity contribution in [3.8, 4) is 0 Å². The van der Waals surface area contributed by atoms with Crippen LogP contribution in [-0.2, 0) is 6.54 Å². The van der Waals surface area contributed by atoms with E-state index in [2.05, 4.69) is 15.6 Å². The summed E-state index contributed by atoms with van der Waals surface area (Å²) in [4.78, 5) is 14.3. The van der Waals surface area contributed by atoms with Crippen molar-refractivity contribution in [3.05, 3.63) is 39.9 Å². The Kier molecular flexibility index (Phi) is 9.53. The number of nitro groups is 1. The van der Waals surface area contributed by atoms with E-state index in [1.165, 1.54) is 18.2 Å². The summed E-state index contributed by atoms with van der Waals surface area (Å²) in [5, 5.41) is 16.1. The molecule has 23 heavy (non-hydrogen) atoms. The van der Waals surface area contributed by atoms with Gasteiger partial charge in [-0.3, -0.25) is 10.1 Å². The van der Waals surface area contributed by atoms with Crippen molar-refractivity contribution < 1.29 is 18.1 Å². The van der Waals surface area contributed by atoms with Gasteiger partial charge in [-0.15, -0.1) is 24.0 Å². The van der Waals surface area contributed by atoms with Crippen molar-refractivity contribution in [2.75, 3.05) is 13.1 Å². The van der Waals surface area contributed by atoms with Gasteiger partial charge in [0.1, 0.15) is 0 Å². The monoisotopic (exact) mass is 446 g/mol. The zero-order valence-corrected chi connectivity index (χ0v) is 14.7. The Morgan fingerprint density at radius 3 is 2.61 bits per heavy atom. The Balaban J connectivity index is 0.00000484. The first-order valence-electron chi connectivity index (χ1n) is 6.64. The maximum absolute atomic E-state index is 12.1. The molecule has 0 amide bonds. The van der Waals surface area contributed by atoms with Crippen molar-refractivity contribution in [3.63, 3.8) is 0 Å². The molecule has 0 saturated carbocycles. The molecule has 0 bridgehead atoms. The van der Waals surface area contributed by atoms with E-state index in [9.17, 15) is 23.3 Å². The number of nitrogens with zero attached hydrogens (tertiary/aromatic N) is 2. The number of nitro benzene ring substituents is 1. The lowest BCUT2D eigenvalue weighted by Gasteiger charge is -2.12. The molecule has 0 aromatic heterocycles. The van der Waals surface area contributed by atoms with Gasteiger partial charge >= 0.3 is 6.18 Å². The number of nitrogens with one attached hydrogen (secondary N) is 2. The van der Waals surface area contributed by atoms with Gasteiger partial charge in [0, 0.05) is 25.2 Å². The zero-order valence-electron chi connectivity index (χ0n) is 12.4. The highest BCUT2D eigenvalue weighted by Gasteiger charge is 2.26. The molecule has 0 aliphatic heterocycles. The standard InChI is InChI=1S/C13H17F3N4O2.HI/c1-2-17-12(18-7-6-13(14,15)16)19-9-10-4-3-5-11(8-10)20(21)22;/h3-5,8H,2,6-7,9H2,1H3,(H2,17,18,19);1H. The molecule has 2 N–H and O–H groups in total. The van der Waals surface area contributed by atoms with Gasteiger partial charge in [0.15, 0.2) is 5.96 Å². The van der Waals surface area contributed by atoms with Crippen molar-refractivity contribution in [2.24, 2.45) is 4.99 Å². The summed E-state index contributed by atoms with van der Waals surface area (Å²) in [6, 6.07) is 5.94. The van der Waals surface area contributed by atoms with Crippen molar-refractivity contribution >= 4 is 35.6 Å². The Hall–Kier alpha value is -1.59. The smallest absolute Gasteiger partial charge is 0.357 e. The molecule has 1 aromatic carbocycles. The van der Waals surface area contributed by atoms with E-state index in [1.807, 2.05) is 0 Å². The summed E-state index contributed by atoms with van der Waals surface area (Å²) in [5.74, 6) is 0.234. The number of aliphatic imine (C=N–C) groups is 1. The number of non-ortho nitro benzene ring substituents is 1. The first-order chi connectivity index (χ1) is 10.3. The van der Waals surface area contributed by atoms with Crippen molar-refractivity contribution in [1.82, 2.24) is 10.6 Å². The molecule has 0 fully saturated rings. The van der Waals surface area contributed by atoms with E-state index in [4.69, 9.17) is 0 Å². The summed E-state index contributed by atoms with van der Waals surface area (Å²) < 4.78 is 36.3. The van der Waals surface area contributed by atoms with Crippen LogP contribution in [-0.4, -0.2) is 30.1 Å².